The van der Waals surface area contributed by atoms with E-state index >= 15 is 0 Å². The summed E-state index contributed by atoms with van der Waals surface area (Å²) in [6.07, 6.45) is 7.63. The molecule has 0 spiro atoms. The van der Waals surface area contributed by atoms with Crippen LogP contribution in [-0.2, 0) is 10.3 Å². The van der Waals surface area contributed by atoms with Crippen LogP contribution in [0.4, 0.5) is 0 Å². The fourth-order valence-electron chi connectivity index (χ4n) is 4.56. The lowest BCUT2D eigenvalue weighted by molar-refractivity contribution is -0.0460. The molecule has 1 saturated heterocycles. The molecule has 0 bridgehead atoms. The van der Waals surface area contributed by atoms with Crippen molar-refractivity contribution in [1.82, 2.24) is 24.6 Å². The molecule has 8 heteroatoms. The summed E-state index contributed by atoms with van der Waals surface area (Å²) in [6.45, 7) is 8.23. The molecule has 4 heterocycles. The number of hydrogen-bond acceptors (Lipinski definition) is 6. The number of amidine groups is 1. The molecule has 0 radical (unpaired) electrons. The van der Waals surface area contributed by atoms with E-state index in [1.807, 2.05) is 35.0 Å². The Morgan fingerprint density at radius 1 is 1.31 bits per heavy atom. The number of fused-ring (bicyclic) bond motifs is 3. The molecule has 1 fully saturated rings. The predicted octanol–water partition coefficient (Wildman–Crippen LogP) is 3.12. The maximum absolute atomic E-state index is 6.09. The highest BCUT2D eigenvalue weighted by Crippen LogP contribution is 2.41. The van der Waals surface area contributed by atoms with E-state index in [0.717, 1.165) is 40.5 Å². The van der Waals surface area contributed by atoms with E-state index < -0.39 is 5.54 Å². The van der Waals surface area contributed by atoms with Crippen LogP contribution in [0.2, 0.25) is 0 Å². The van der Waals surface area contributed by atoms with E-state index in [0.29, 0.717) is 25.5 Å². The number of aliphatic imine (C=N–C) groups is 1. The first-order valence-corrected chi connectivity index (χ1v) is 10.7. The molecule has 1 aromatic carbocycles. The van der Waals surface area contributed by atoms with Crippen molar-refractivity contribution in [3.63, 3.8) is 0 Å². The van der Waals surface area contributed by atoms with Gasteiger partial charge in [0.05, 0.1) is 18.9 Å². The zero-order valence-electron chi connectivity index (χ0n) is 18.0. The third-order valence-corrected chi connectivity index (χ3v) is 6.23. The minimum Gasteiger partial charge on any atom is -0.403 e. The van der Waals surface area contributed by atoms with E-state index in [4.69, 9.17) is 15.5 Å². The Morgan fingerprint density at radius 3 is 2.94 bits per heavy atom. The van der Waals surface area contributed by atoms with E-state index in [-0.39, 0.29) is 0 Å². The molecule has 2 aliphatic rings. The van der Waals surface area contributed by atoms with Gasteiger partial charge in [-0.2, -0.15) is 0 Å². The van der Waals surface area contributed by atoms with Crippen LogP contribution < -0.4 is 5.73 Å². The fourth-order valence-corrected chi connectivity index (χ4v) is 4.56. The molecule has 32 heavy (non-hydrogen) atoms. The summed E-state index contributed by atoms with van der Waals surface area (Å²) < 4.78 is 7.79. The number of hydrogen-bond donors (Lipinski definition) is 1. The van der Waals surface area contributed by atoms with Crippen molar-refractivity contribution in [3.8, 4) is 11.1 Å². The van der Waals surface area contributed by atoms with Crippen LogP contribution in [0.5, 0.6) is 0 Å². The number of nitrogens with two attached hydrogens (primary N) is 1. The van der Waals surface area contributed by atoms with Crippen molar-refractivity contribution in [1.29, 1.82) is 0 Å². The standard InChI is InChI=1S/C24H25N7O/c1-3-24-15-32-12-11-31(24)22(21(13-25)30-16-27-29-23(24)30)28-17(2)19-9-10-26-14-20(19)18-7-5-4-6-8-18/h4-10,13-14,16H,2-3,11-12,15,25H2,1H3/b21-13+,28-22?/t24-/m0/s1. The monoisotopic (exact) mass is 427 g/mol. The fraction of sp³-hybridized carbons (Fsp3) is 0.250. The van der Waals surface area contributed by atoms with Crippen LogP contribution >= 0.6 is 0 Å². The van der Waals surface area contributed by atoms with Gasteiger partial charge in [-0.25, -0.2) is 4.99 Å². The molecule has 2 N–H and O–H groups in total. The van der Waals surface area contributed by atoms with Crippen LogP contribution in [0.15, 0.2) is 72.9 Å². The van der Waals surface area contributed by atoms with E-state index in [2.05, 4.69) is 45.7 Å². The van der Waals surface area contributed by atoms with Crippen molar-refractivity contribution < 1.29 is 4.74 Å². The summed E-state index contributed by atoms with van der Waals surface area (Å²) in [4.78, 5) is 11.6. The minimum atomic E-state index is -0.457. The summed E-state index contributed by atoms with van der Waals surface area (Å²) >= 11 is 0. The molecule has 5 rings (SSSR count). The number of aromatic nitrogens is 4. The first-order chi connectivity index (χ1) is 15.7. The van der Waals surface area contributed by atoms with Gasteiger partial charge in [-0.3, -0.25) is 9.55 Å². The number of benzene rings is 1. The van der Waals surface area contributed by atoms with E-state index in [9.17, 15) is 0 Å². The molecular weight excluding hydrogens is 402 g/mol. The highest BCUT2D eigenvalue weighted by atomic mass is 16.5. The van der Waals surface area contributed by atoms with Crippen molar-refractivity contribution in [3.05, 3.63) is 79.3 Å². The molecule has 2 aromatic heterocycles. The van der Waals surface area contributed by atoms with Gasteiger partial charge in [0.15, 0.2) is 11.7 Å². The molecule has 1 atom stereocenters. The van der Waals surface area contributed by atoms with Crippen LogP contribution in [0.3, 0.4) is 0 Å². The summed E-state index contributed by atoms with van der Waals surface area (Å²) in [5.41, 5.74) is 9.95. The molecule has 0 amide bonds. The maximum atomic E-state index is 6.09. The van der Waals surface area contributed by atoms with Gasteiger partial charge < -0.3 is 15.4 Å². The average molecular weight is 428 g/mol. The molecule has 2 aliphatic heterocycles. The summed E-state index contributed by atoms with van der Waals surface area (Å²) in [5.74, 6) is 1.56. The largest absolute Gasteiger partial charge is 0.403 e. The Hall–Kier alpha value is -3.78. The summed E-state index contributed by atoms with van der Waals surface area (Å²) in [6, 6.07) is 12.1. The highest BCUT2D eigenvalue weighted by Gasteiger charge is 2.50. The summed E-state index contributed by atoms with van der Waals surface area (Å²) in [7, 11) is 0. The minimum absolute atomic E-state index is 0.457. The number of ether oxygens (including phenoxy) is 1. The van der Waals surface area contributed by atoms with Crippen LogP contribution in [0.1, 0.15) is 24.7 Å². The Labute approximate surface area is 186 Å². The third kappa shape index (κ3) is 3.03. The number of nitrogens with zero attached hydrogens (tertiary/aromatic N) is 6. The molecule has 0 aliphatic carbocycles. The number of morpholine rings is 1. The Bertz CT molecular complexity index is 1210. The molecule has 8 nitrogen and oxygen atoms in total. The van der Waals surface area contributed by atoms with Gasteiger partial charge >= 0.3 is 0 Å². The predicted molar refractivity (Wildman–Crippen MR) is 124 cm³/mol. The first kappa shape index (κ1) is 20.1. The van der Waals surface area contributed by atoms with Gasteiger partial charge in [-0.1, -0.05) is 43.8 Å². The van der Waals surface area contributed by atoms with Crippen LogP contribution in [0.25, 0.3) is 22.5 Å². The lowest BCUT2D eigenvalue weighted by Gasteiger charge is -2.50. The lowest BCUT2D eigenvalue weighted by Crippen LogP contribution is -2.61. The zero-order valence-corrected chi connectivity index (χ0v) is 18.0. The van der Waals surface area contributed by atoms with Crippen molar-refractivity contribution in [2.24, 2.45) is 10.7 Å². The first-order valence-electron chi connectivity index (χ1n) is 10.7. The van der Waals surface area contributed by atoms with Gasteiger partial charge in [0.25, 0.3) is 0 Å². The molecule has 3 aromatic rings. The van der Waals surface area contributed by atoms with Crippen molar-refractivity contribution >= 4 is 17.2 Å². The van der Waals surface area contributed by atoms with Gasteiger partial charge in [-0.15, -0.1) is 10.2 Å². The normalized spacial score (nSPS) is 22.6. The smallest absolute Gasteiger partial charge is 0.165 e. The molecule has 0 unspecified atom stereocenters. The Morgan fingerprint density at radius 2 is 2.16 bits per heavy atom. The second kappa shape index (κ2) is 8.05. The van der Waals surface area contributed by atoms with Gasteiger partial charge in [-0.05, 0) is 18.1 Å². The average Bonchev–Trinajstić information content (AvgIpc) is 3.35. The van der Waals surface area contributed by atoms with Crippen LogP contribution in [0, 0.1) is 0 Å². The quantitative estimate of drug-likeness (QED) is 0.688. The number of rotatable bonds is 4. The van der Waals surface area contributed by atoms with Crippen molar-refractivity contribution in [2.75, 3.05) is 19.8 Å². The molecular formula is C24H25N7O. The SMILES string of the molecule is C=C(N=C1/C(=C\N)n2cnnc2[C@]2(CC)COCCN12)c1ccncc1-c1ccccc1. The Kier molecular flexibility index (Phi) is 5.07. The van der Waals surface area contributed by atoms with E-state index in [1.165, 1.54) is 0 Å². The second-order valence-corrected chi connectivity index (χ2v) is 7.84. The molecule has 0 saturated carbocycles. The molecule has 162 valence electrons. The maximum Gasteiger partial charge on any atom is 0.165 e. The highest BCUT2D eigenvalue weighted by molar-refractivity contribution is 6.19. The van der Waals surface area contributed by atoms with Gasteiger partial charge in [0.1, 0.15) is 17.6 Å². The lowest BCUT2D eigenvalue weighted by atomic mass is 9.89. The number of pyridine rings is 1. The second-order valence-electron chi connectivity index (χ2n) is 7.84. The van der Waals surface area contributed by atoms with Gasteiger partial charge in [0, 0.05) is 36.3 Å². The van der Waals surface area contributed by atoms with Crippen LogP contribution in [-0.4, -0.2) is 50.2 Å². The third-order valence-electron chi connectivity index (χ3n) is 6.23. The Balaban J connectivity index is 1.65. The van der Waals surface area contributed by atoms with E-state index in [1.54, 1.807) is 18.7 Å². The topological polar surface area (TPSA) is 94.5 Å². The zero-order chi connectivity index (χ0) is 22.1. The van der Waals surface area contributed by atoms with Gasteiger partial charge in [0.2, 0.25) is 0 Å². The van der Waals surface area contributed by atoms with Crippen molar-refractivity contribution in [2.45, 2.75) is 18.9 Å². The summed E-state index contributed by atoms with van der Waals surface area (Å²) in [5, 5.41) is 8.58.